The molecule has 1 nitrogen and oxygen atoms in total. The Morgan fingerprint density at radius 2 is 2.12 bits per heavy atom. The molecule has 0 fully saturated rings. The largest absolute Gasteiger partial charge is 0.371 e. The molecule has 1 unspecified atom stereocenters. The quantitative estimate of drug-likeness (QED) is 0.704. The van der Waals surface area contributed by atoms with Gasteiger partial charge in [-0.2, -0.15) is 11.8 Å². The molecule has 0 saturated carbocycles. The predicted molar refractivity (Wildman–Crippen MR) is 83.0 cm³/mol. The lowest BCUT2D eigenvalue weighted by molar-refractivity contribution is 0.762. The molecular formula is C12H17Br2NS. The van der Waals surface area contributed by atoms with Crippen molar-refractivity contribution < 1.29 is 0 Å². The third kappa shape index (κ3) is 3.67. The molecule has 16 heavy (non-hydrogen) atoms. The fourth-order valence-electron chi connectivity index (χ4n) is 1.57. The first-order valence-electron chi connectivity index (χ1n) is 5.16. The summed E-state index contributed by atoms with van der Waals surface area (Å²) in [4.78, 5) is 2.35. The fraction of sp³-hybridized carbons (Fsp3) is 0.500. The van der Waals surface area contributed by atoms with Crippen LogP contribution in [0, 0.1) is 0 Å². The number of hydrogen-bond donors (Lipinski definition) is 0. The Balaban J connectivity index is 2.96. The molecule has 0 aromatic heterocycles. The monoisotopic (exact) mass is 365 g/mol. The Bertz CT molecular complexity index is 344. The van der Waals surface area contributed by atoms with Crippen molar-refractivity contribution in [2.45, 2.75) is 18.3 Å². The lowest BCUT2D eigenvalue weighted by atomic mass is 10.1. The maximum absolute atomic E-state index is 3.54. The van der Waals surface area contributed by atoms with Gasteiger partial charge >= 0.3 is 0 Å². The minimum absolute atomic E-state index is 0.544. The van der Waals surface area contributed by atoms with Crippen LogP contribution in [0.3, 0.4) is 0 Å². The fourth-order valence-corrected chi connectivity index (χ4v) is 3.10. The molecule has 1 atom stereocenters. The van der Waals surface area contributed by atoms with Gasteiger partial charge in [-0.05, 0) is 30.9 Å². The van der Waals surface area contributed by atoms with Crippen LogP contribution in [0.1, 0.15) is 12.5 Å². The maximum atomic E-state index is 3.54. The van der Waals surface area contributed by atoms with Gasteiger partial charge < -0.3 is 4.90 Å². The van der Waals surface area contributed by atoms with E-state index in [4.69, 9.17) is 0 Å². The SMILES string of the molecule is CSCC(C)N(C)c1cc(Br)ccc1CBr. The molecule has 0 aliphatic heterocycles. The predicted octanol–water partition coefficient (Wildman–Crippen LogP) is 4.53. The van der Waals surface area contributed by atoms with Crippen LogP contribution < -0.4 is 4.90 Å². The molecule has 90 valence electrons. The highest BCUT2D eigenvalue weighted by Gasteiger charge is 2.13. The Hall–Kier alpha value is 0.330. The molecule has 0 heterocycles. The van der Waals surface area contributed by atoms with Gasteiger partial charge in [0.25, 0.3) is 0 Å². The van der Waals surface area contributed by atoms with Crippen molar-refractivity contribution in [3.63, 3.8) is 0 Å². The Morgan fingerprint density at radius 3 is 2.69 bits per heavy atom. The summed E-state index contributed by atoms with van der Waals surface area (Å²) < 4.78 is 1.13. The van der Waals surface area contributed by atoms with E-state index in [2.05, 4.69) is 75.2 Å². The van der Waals surface area contributed by atoms with Crippen molar-refractivity contribution in [2.75, 3.05) is 24.0 Å². The van der Waals surface area contributed by atoms with Gasteiger partial charge in [-0.15, -0.1) is 0 Å². The van der Waals surface area contributed by atoms with Crippen LogP contribution in [0.4, 0.5) is 5.69 Å². The Morgan fingerprint density at radius 1 is 1.44 bits per heavy atom. The van der Waals surface area contributed by atoms with E-state index in [1.165, 1.54) is 11.3 Å². The normalized spacial score (nSPS) is 12.6. The molecule has 0 amide bonds. The Labute approximate surface area is 119 Å². The number of nitrogens with zero attached hydrogens (tertiary/aromatic N) is 1. The van der Waals surface area contributed by atoms with E-state index in [0.717, 1.165) is 15.6 Å². The zero-order valence-electron chi connectivity index (χ0n) is 9.84. The Kier molecular flexibility index (Phi) is 6.22. The van der Waals surface area contributed by atoms with Crippen LogP contribution in [0.15, 0.2) is 22.7 Å². The molecule has 0 spiro atoms. The average molecular weight is 367 g/mol. The van der Waals surface area contributed by atoms with Gasteiger partial charge in [0.2, 0.25) is 0 Å². The zero-order valence-corrected chi connectivity index (χ0v) is 13.8. The molecule has 1 aromatic carbocycles. The summed E-state index contributed by atoms with van der Waals surface area (Å²) in [7, 11) is 2.16. The molecule has 0 bridgehead atoms. The van der Waals surface area contributed by atoms with Gasteiger partial charge in [-0.1, -0.05) is 37.9 Å². The van der Waals surface area contributed by atoms with Gasteiger partial charge in [0, 0.05) is 34.3 Å². The second-order valence-corrected chi connectivity index (χ2v) is 6.21. The lowest BCUT2D eigenvalue weighted by Crippen LogP contribution is -2.31. The van der Waals surface area contributed by atoms with Crippen molar-refractivity contribution in [3.8, 4) is 0 Å². The lowest BCUT2D eigenvalue weighted by Gasteiger charge is -2.28. The summed E-state index contributed by atoms with van der Waals surface area (Å²) in [6, 6.07) is 6.99. The third-order valence-electron chi connectivity index (χ3n) is 2.64. The van der Waals surface area contributed by atoms with Crippen LogP contribution >= 0.6 is 43.6 Å². The van der Waals surface area contributed by atoms with Gasteiger partial charge in [0.15, 0.2) is 0 Å². The molecule has 1 aromatic rings. The first-order valence-corrected chi connectivity index (χ1v) is 8.47. The summed E-state index contributed by atoms with van der Waals surface area (Å²) in [5.74, 6) is 1.14. The van der Waals surface area contributed by atoms with E-state index >= 15 is 0 Å². The molecular weight excluding hydrogens is 350 g/mol. The summed E-state index contributed by atoms with van der Waals surface area (Å²) >= 11 is 8.96. The number of halogens is 2. The number of thioether (sulfide) groups is 1. The minimum Gasteiger partial charge on any atom is -0.371 e. The number of alkyl halides is 1. The van der Waals surface area contributed by atoms with Gasteiger partial charge in [0.05, 0.1) is 0 Å². The van der Waals surface area contributed by atoms with E-state index in [-0.39, 0.29) is 0 Å². The van der Waals surface area contributed by atoms with Crippen molar-refractivity contribution in [1.82, 2.24) is 0 Å². The second kappa shape index (κ2) is 6.92. The van der Waals surface area contributed by atoms with Crippen molar-refractivity contribution in [1.29, 1.82) is 0 Å². The maximum Gasteiger partial charge on any atom is 0.0418 e. The molecule has 0 aliphatic rings. The van der Waals surface area contributed by atoms with E-state index in [0.29, 0.717) is 6.04 Å². The zero-order chi connectivity index (χ0) is 12.1. The van der Waals surface area contributed by atoms with E-state index < -0.39 is 0 Å². The molecule has 0 aliphatic carbocycles. The van der Waals surface area contributed by atoms with Gasteiger partial charge in [-0.3, -0.25) is 0 Å². The van der Waals surface area contributed by atoms with Crippen molar-refractivity contribution in [2.24, 2.45) is 0 Å². The number of rotatable bonds is 5. The summed E-state index contributed by atoms with van der Waals surface area (Å²) in [5.41, 5.74) is 2.63. The highest BCUT2D eigenvalue weighted by Crippen LogP contribution is 2.27. The summed E-state index contributed by atoms with van der Waals surface area (Å²) in [6.45, 7) is 2.26. The number of anilines is 1. The first kappa shape index (κ1) is 14.4. The van der Waals surface area contributed by atoms with Gasteiger partial charge in [0.1, 0.15) is 0 Å². The number of benzene rings is 1. The summed E-state index contributed by atoms with van der Waals surface area (Å²) in [6.07, 6.45) is 2.15. The standard InChI is InChI=1S/C12H17Br2NS/c1-9(8-16-3)15(2)12-6-11(14)5-4-10(12)7-13/h4-6,9H,7-8H2,1-3H3. The first-order chi connectivity index (χ1) is 7.60. The second-order valence-electron chi connectivity index (χ2n) is 3.82. The highest BCUT2D eigenvalue weighted by atomic mass is 79.9. The molecule has 0 radical (unpaired) electrons. The molecule has 4 heteroatoms. The van der Waals surface area contributed by atoms with Gasteiger partial charge in [-0.25, -0.2) is 0 Å². The van der Waals surface area contributed by atoms with Crippen molar-refractivity contribution in [3.05, 3.63) is 28.2 Å². The molecule has 0 saturated heterocycles. The van der Waals surface area contributed by atoms with Crippen LogP contribution in [-0.4, -0.2) is 25.1 Å². The van der Waals surface area contributed by atoms with Crippen LogP contribution in [-0.2, 0) is 5.33 Å². The molecule has 1 rings (SSSR count). The highest BCUT2D eigenvalue weighted by molar-refractivity contribution is 9.10. The number of hydrogen-bond acceptors (Lipinski definition) is 2. The van der Waals surface area contributed by atoms with Crippen molar-refractivity contribution >= 4 is 49.3 Å². The third-order valence-corrected chi connectivity index (χ3v) is 4.55. The molecule has 0 N–H and O–H groups in total. The smallest absolute Gasteiger partial charge is 0.0418 e. The van der Waals surface area contributed by atoms with E-state index in [1.807, 2.05) is 11.8 Å². The summed E-state index contributed by atoms with van der Waals surface area (Å²) in [5, 5.41) is 0.895. The average Bonchev–Trinajstić information content (AvgIpc) is 2.28. The van der Waals surface area contributed by atoms with Crippen LogP contribution in [0.25, 0.3) is 0 Å². The minimum atomic E-state index is 0.544. The topological polar surface area (TPSA) is 3.24 Å². The van der Waals surface area contributed by atoms with Crippen LogP contribution in [0.2, 0.25) is 0 Å². The van der Waals surface area contributed by atoms with E-state index in [9.17, 15) is 0 Å². The van der Waals surface area contributed by atoms with Crippen LogP contribution in [0.5, 0.6) is 0 Å². The van der Waals surface area contributed by atoms with E-state index in [1.54, 1.807) is 0 Å².